The summed E-state index contributed by atoms with van der Waals surface area (Å²) < 4.78 is 32.9. The first-order valence-electron chi connectivity index (χ1n) is 7.48. The fourth-order valence-electron chi connectivity index (χ4n) is 2.22. The Bertz CT molecular complexity index is 645. The van der Waals surface area contributed by atoms with Crippen LogP contribution in [0.4, 0.5) is 8.78 Å². The molecule has 3 heteroatoms. The van der Waals surface area contributed by atoms with Crippen LogP contribution in [-0.2, 0) is 19.3 Å². The van der Waals surface area contributed by atoms with Crippen LogP contribution in [0.2, 0.25) is 0 Å². The summed E-state index contributed by atoms with van der Waals surface area (Å²) in [6.07, 6.45) is 5.07. The van der Waals surface area contributed by atoms with E-state index in [1.165, 1.54) is 17.9 Å². The van der Waals surface area contributed by atoms with E-state index < -0.39 is 11.6 Å². The Morgan fingerprint density at radius 1 is 0.909 bits per heavy atom. The van der Waals surface area contributed by atoms with Gasteiger partial charge in [0.1, 0.15) is 0 Å². The first kappa shape index (κ1) is 16.2. The summed E-state index contributed by atoms with van der Waals surface area (Å²) in [5.74, 6) is -1.85. The first-order chi connectivity index (χ1) is 10.7. The van der Waals surface area contributed by atoms with E-state index in [2.05, 4.69) is 19.1 Å². The van der Waals surface area contributed by atoms with Crippen LogP contribution in [0.1, 0.15) is 30.5 Å². The molecule has 0 heterocycles. The van der Waals surface area contributed by atoms with Gasteiger partial charge in [-0.05, 0) is 48.9 Å². The molecule has 22 heavy (non-hydrogen) atoms. The second-order valence-corrected chi connectivity index (χ2v) is 5.11. The van der Waals surface area contributed by atoms with Gasteiger partial charge in [-0.25, -0.2) is 4.39 Å². The lowest BCUT2D eigenvalue weighted by Gasteiger charge is -2.08. The molecule has 116 valence electrons. The minimum atomic E-state index is -0.933. The molecule has 2 aromatic carbocycles. The van der Waals surface area contributed by atoms with E-state index in [9.17, 15) is 8.78 Å². The van der Waals surface area contributed by atoms with Crippen LogP contribution in [-0.4, -0.2) is 0 Å². The Labute approximate surface area is 130 Å². The molecule has 0 aliphatic carbocycles. The number of hydrogen-bond donors (Lipinski definition) is 0. The van der Waals surface area contributed by atoms with Gasteiger partial charge in [0.25, 0.3) is 0 Å². The summed E-state index contributed by atoms with van der Waals surface area (Å²) in [7, 11) is 0. The minimum absolute atomic E-state index is 0.0911. The molecule has 0 radical (unpaired) electrons. The van der Waals surface area contributed by atoms with E-state index in [0.717, 1.165) is 12.0 Å². The standard InChI is InChI=1S/C19H20F2O/c1-3-13-22-17-12-11-16(18(20)19(17)21)10-9-15-7-5-14(4-2)6-8-15/h3,5-8,11-13H,4,9-10H2,1-2H3/b13-3+. The average Bonchev–Trinajstić information content (AvgIpc) is 2.56. The van der Waals surface area contributed by atoms with Gasteiger partial charge in [-0.2, -0.15) is 4.39 Å². The lowest BCUT2D eigenvalue weighted by Crippen LogP contribution is -2.00. The van der Waals surface area contributed by atoms with E-state index in [1.807, 2.05) is 12.1 Å². The summed E-state index contributed by atoms with van der Waals surface area (Å²) in [4.78, 5) is 0. The largest absolute Gasteiger partial charge is 0.462 e. The van der Waals surface area contributed by atoms with E-state index >= 15 is 0 Å². The second-order valence-electron chi connectivity index (χ2n) is 5.11. The van der Waals surface area contributed by atoms with Crippen molar-refractivity contribution in [2.45, 2.75) is 33.1 Å². The predicted molar refractivity (Wildman–Crippen MR) is 85.0 cm³/mol. The molecule has 1 nitrogen and oxygen atoms in total. The Kier molecular flexibility index (Phi) is 5.70. The predicted octanol–water partition coefficient (Wildman–Crippen LogP) is 5.22. The molecule has 0 spiro atoms. The van der Waals surface area contributed by atoms with Gasteiger partial charge in [-0.1, -0.05) is 43.3 Å². The smallest absolute Gasteiger partial charge is 0.201 e. The van der Waals surface area contributed by atoms with Crippen LogP contribution in [0.15, 0.2) is 48.7 Å². The van der Waals surface area contributed by atoms with Crippen molar-refractivity contribution in [3.8, 4) is 5.75 Å². The van der Waals surface area contributed by atoms with Crippen molar-refractivity contribution in [2.75, 3.05) is 0 Å². The number of rotatable bonds is 6. The normalized spacial score (nSPS) is 11.1. The van der Waals surface area contributed by atoms with Gasteiger partial charge in [0.2, 0.25) is 5.82 Å². The van der Waals surface area contributed by atoms with Crippen molar-refractivity contribution in [3.05, 3.63) is 77.1 Å². The third kappa shape index (κ3) is 3.94. The molecule has 0 amide bonds. The lowest BCUT2D eigenvalue weighted by atomic mass is 10.0. The van der Waals surface area contributed by atoms with E-state index in [0.29, 0.717) is 18.4 Å². The number of hydrogen-bond acceptors (Lipinski definition) is 1. The lowest BCUT2D eigenvalue weighted by molar-refractivity contribution is 0.411. The molecule has 0 saturated heterocycles. The van der Waals surface area contributed by atoms with Crippen LogP contribution < -0.4 is 4.74 Å². The summed E-state index contributed by atoms with van der Waals surface area (Å²) in [5, 5.41) is 0. The van der Waals surface area contributed by atoms with Crippen molar-refractivity contribution in [3.63, 3.8) is 0 Å². The second kappa shape index (κ2) is 7.74. The highest BCUT2D eigenvalue weighted by Crippen LogP contribution is 2.24. The number of ether oxygens (including phenoxy) is 1. The molecule has 0 bridgehead atoms. The van der Waals surface area contributed by atoms with Gasteiger partial charge in [0.05, 0.1) is 6.26 Å². The van der Waals surface area contributed by atoms with Gasteiger partial charge in [0, 0.05) is 0 Å². The summed E-state index contributed by atoms with van der Waals surface area (Å²) in [6, 6.07) is 11.3. The molecule has 0 aliphatic heterocycles. The maximum Gasteiger partial charge on any atom is 0.201 e. The van der Waals surface area contributed by atoms with E-state index in [-0.39, 0.29) is 5.75 Å². The monoisotopic (exact) mass is 302 g/mol. The van der Waals surface area contributed by atoms with Crippen LogP contribution in [0.3, 0.4) is 0 Å². The molecule has 0 saturated carbocycles. The van der Waals surface area contributed by atoms with Gasteiger partial charge in [-0.15, -0.1) is 0 Å². The topological polar surface area (TPSA) is 9.23 Å². The average molecular weight is 302 g/mol. The highest BCUT2D eigenvalue weighted by molar-refractivity contribution is 5.32. The zero-order valence-corrected chi connectivity index (χ0v) is 12.9. The Morgan fingerprint density at radius 2 is 1.59 bits per heavy atom. The Hall–Kier alpha value is -2.16. The summed E-state index contributed by atoms with van der Waals surface area (Å²) in [6.45, 7) is 3.84. The zero-order chi connectivity index (χ0) is 15.9. The van der Waals surface area contributed by atoms with Crippen molar-refractivity contribution >= 4 is 0 Å². The number of benzene rings is 2. The maximum atomic E-state index is 14.0. The van der Waals surface area contributed by atoms with Crippen molar-refractivity contribution < 1.29 is 13.5 Å². The van der Waals surface area contributed by atoms with Crippen molar-refractivity contribution in [1.29, 1.82) is 0 Å². The summed E-state index contributed by atoms with van der Waals surface area (Å²) in [5.41, 5.74) is 2.75. The highest BCUT2D eigenvalue weighted by atomic mass is 19.2. The Balaban J connectivity index is 2.07. The molecule has 0 unspecified atom stereocenters. The molecule has 0 N–H and O–H groups in total. The number of allylic oxidation sites excluding steroid dienone is 1. The first-order valence-corrected chi connectivity index (χ1v) is 7.48. The van der Waals surface area contributed by atoms with Gasteiger partial charge >= 0.3 is 0 Å². The third-order valence-corrected chi connectivity index (χ3v) is 3.57. The van der Waals surface area contributed by atoms with E-state index in [4.69, 9.17) is 4.74 Å². The van der Waals surface area contributed by atoms with Gasteiger partial charge in [0.15, 0.2) is 11.6 Å². The number of aryl methyl sites for hydroxylation is 3. The minimum Gasteiger partial charge on any atom is -0.462 e. The summed E-state index contributed by atoms with van der Waals surface area (Å²) >= 11 is 0. The van der Waals surface area contributed by atoms with Crippen LogP contribution in [0.5, 0.6) is 5.75 Å². The van der Waals surface area contributed by atoms with Crippen molar-refractivity contribution in [2.24, 2.45) is 0 Å². The highest BCUT2D eigenvalue weighted by Gasteiger charge is 2.14. The molecular formula is C19H20F2O. The molecule has 2 rings (SSSR count). The maximum absolute atomic E-state index is 14.0. The molecule has 2 aromatic rings. The van der Waals surface area contributed by atoms with Crippen LogP contribution >= 0.6 is 0 Å². The van der Waals surface area contributed by atoms with E-state index in [1.54, 1.807) is 19.1 Å². The van der Waals surface area contributed by atoms with Crippen LogP contribution in [0.25, 0.3) is 0 Å². The molecule has 0 aliphatic rings. The Morgan fingerprint density at radius 3 is 2.23 bits per heavy atom. The van der Waals surface area contributed by atoms with Crippen LogP contribution in [0, 0.1) is 11.6 Å². The van der Waals surface area contributed by atoms with Crippen molar-refractivity contribution in [1.82, 2.24) is 0 Å². The quantitative estimate of drug-likeness (QED) is 0.664. The molecular weight excluding hydrogens is 282 g/mol. The molecule has 0 aromatic heterocycles. The van der Waals surface area contributed by atoms with Gasteiger partial charge < -0.3 is 4.74 Å². The zero-order valence-electron chi connectivity index (χ0n) is 12.9. The SMILES string of the molecule is C/C=C/Oc1ccc(CCc2ccc(CC)cc2)c(F)c1F. The van der Waals surface area contributed by atoms with Gasteiger partial charge in [-0.3, -0.25) is 0 Å². The number of halogens is 2. The fourth-order valence-corrected chi connectivity index (χ4v) is 2.22. The third-order valence-electron chi connectivity index (χ3n) is 3.57. The fraction of sp³-hybridized carbons (Fsp3) is 0.263. The molecule has 0 atom stereocenters. The molecule has 0 fully saturated rings.